The average molecular weight is 296 g/mol. The van der Waals surface area contributed by atoms with E-state index >= 15 is 0 Å². The smallest absolute Gasteiger partial charge is 0.0408 e. The van der Waals surface area contributed by atoms with Gasteiger partial charge in [0.05, 0.1) is 0 Å². The Morgan fingerprint density at radius 3 is 2.48 bits per heavy atom. The molecule has 3 aromatic rings. The molecular weight excluding hydrogens is 278 g/mol. The molecule has 0 heterocycles. The average Bonchev–Trinajstić information content (AvgIpc) is 2.48. The normalized spacial score (nSPS) is 12.5. The number of hydrogen-bond acceptors (Lipinski definition) is 1. The van der Waals surface area contributed by atoms with Crippen LogP contribution in [0.4, 0.5) is 0 Å². The van der Waals surface area contributed by atoms with Gasteiger partial charge in [-0.3, -0.25) is 0 Å². The summed E-state index contributed by atoms with van der Waals surface area (Å²) in [6, 6.07) is 20.6. The van der Waals surface area contributed by atoms with E-state index in [1.807, 2.05) is 18.2 Å². The van der Waals surface area contributed by atoms with Crippen LogP contribution < -0.4 is 5.73 Å². The largest absolute Gasteiger partial charge is 0.324 e. The highest BCUT2D eigenvalue weighted by Crippen LogP contribution is 2.28. The molecule has 0 bridgehead atoms. The first-order valence-corrected chi connectivity index (χ1v) is 7.51. The Bertz CT molecular complexity index is 779. The molecule has 0 fully saturated rings. The lowest BCUT2D eigenvalue weighted by Crippen LogP contribution is -2.14. The Kier molecular flexibility index (Phi) is 3.96. The monoisotopic (exact) mass is 295 g/mol. The van der Waals surface area contributed by atoms with E-state index in [1.54, 1.807) is 0 Å². The Balaban J connectivity index is 1.98. The van der Waals surface area contributed by atoms with E-state index in [4.69, 9.17) is 17.3 Å². The minimum atomic E-state index is -0.0334. The molecule has 0 saturated heterocycles. The molecule has 0 aromatic heterocycles. The fourth-order valence-electron chi connectivity index (χ4n) is 2.82. The summed E-state index contributed by atoms with van der Waals surface area (Å²) in [5.74, 6) is 0. The SMILES string of the molecule is Cc1ccc(C(N)Cc2cccc(Cl)c2)c2ccccc12. The molecule has 0 spiro atoms. The van der Waals surface area contributed by atoms with Gasteiger partial charge in [-0.25, -0.2) is 0 Å². The van der Waals surface area contributed by atoms with Gasteiger partial charge in [0, 0.05) is 11.1 Å². The number of fused-ring (bicyclic) bond motifs is 1. The third-order valence-electron chi connectivity index (χ3n) is 3.92. The van der Waals surface area contributed by atoms with Crippen LogP contribution in [0.15, 0.2) is 60.7 Å². The first-order valence-electron chi connectivity index (χ1n) is 7.13. The molecule has 1 atom stereocenters. The molecule has 2 N–H and O–H groups in total. The Labute approximate surface area is 130 Å². The molecule has 0 aliphatic carbocycles. The summed E-state index contributed by atoms with van der Waals surface area (Å²) < 4.78 is 0. The zero-order valence-electron chi connectivity index (χ0n) is 12.0. The Hall–Kier alpha value is -1.83. The lowest BCUT2D eigenvalue weighted by Gasteiger charge is -2.16. The molecule has 0 radical (unpaired) electrons. The van der Waals surface area contributed by atoms with E-state index in [0.29, 0.717) is 0 Å². The van der Waals surface area contributed by atoms with E-state index in [1.165, 1.54) is 27.5 Å². The standard InChI is InChI=1S/C19H18ClN/c1-13-9-10-18(17-8-3-2-7-16(13)17)19(21)12-14-5-4-6-15(20)11-14/h2-11,19H,12,21H2,1H3. The van der Waals surface area contributed by atoms with E-state index in [2.05, 4.69) is 49.4 Å². The van der Waals surface area contributed by atoms with Crippen molar-refractivity contribution in [1.29, 1.82) is 0 Å². The number of halogens is 1. The van der Waals surface area contributed by atoms with Gasteiger partial charge >= 0.3 is 0 Å². The van der Waals surface area contributed by atoms with E-state index in [0.717, 1.165) is 11.4 Å². The van der Waals surface area contributed by atoms with Crippen LogP contribution in [0.5, 0.6) is 0 Å². The van der Waals surface area contributed by atoms with Crippen molar-refractivity contribution in [2.24, 2.45) is 5.73 Å². The molecule has 0 aliphatic rings. The molecule has 0 amide bonds. The summed E-state index contributed by atoms with van der Waals surface area (Å²) in [6.07, 6.45) is 0.785. The molecule has 0 saturated carbocycles. The second-order valence-electron chi connectivity index (χ2n) is 5.46. The molecular formula is C19H18ClN. The van der Waals surface area contributed by atoms with Gasteiger partial charge in [0.25, 0.3) is 0 Å². The van der Waals surface area contributed by atoms with Crippen LogP contribution in [-0.2, 0) is 6.42 Å². The maximum atomic E-state index is 6.45. The molecule has 3 aromatic carbocycles. The van der Waals surface area contributed by atoms with Crippen molar-refractivity contribution in [1.82, 2.24) is 0 Å². The van der Waals surface area contributed by atoms with Crippen LogP contribution in [-0.4, -0.2) is 0 Å². The third-order valence-corrected chi connectivity index (χ3v) is 4.16. The van der Waals surface area contributed by atoms with Gasteiger partial charge in [-0.05, 0) is 52.9 Å². The predicted octanol–water partition coefficient (Wildman–Crippen LogP) is 5.04. The summed E-state index contributed by atoms with van der Waals surface area (Å²) in [5, 5.41) is 3.28. The van der Waals surface area contributed by atoms with Gasteiger partial charge in [-0.2, -0.15) is 0 Å². The second kappa shape index (κ2) is 5.88. The lowest BCUT2D eigenvalue weighted by molar-refractivity contribution is 0.728. The zero-order chi connectivity index (χ0) is 14.8. The van der Waals surface area contributed by atoms with Crippen LogP contribution >= 0.6 is 11.6 Å². The quantitative estimate of drug-likeness (QED) is 0.719. The number of rotatable bonds is 3. The van der Waals surface area contributed by atoms with Crippen LogP contribution in [0.1, 0.15) is 22.7 Å². The minimum absolute atomic E-state index is 0.0334. The zero-order valence-corrected chi connectivity index (χ0v) is 12.8. The van der Waals surface area contributed by atoms with Crippen LogP contribution in [0.3, 0.4) is 0 Å². The molecule has 21 heavy (non-hydrogen) atoms. The second-order valence-corrected chi connectivity index (χ2v) is 5.89. The van der Waals surface area contributed by atoms with Gasteiger partial charge < -0.3 is 5.73 Å². The maximum absolute atomic E-state index is 6.45. The summed E-state index contributed by atoms with van der Waals surface area (Å²) >= 11 is 6.05. The Morgan fingerprint density at radius 2 is 1.71 bits per heavy atom. The summed E-state index contributed by atoms with van der Waals surface area (Å²) in [5.41, 5.74) is 10.1. The van der Waals surface area contributed by atoms with Crippen molar-refractivity contribution in [2.75, 3.05) is 0 Å². The lowest BCUT2D eigenvalue weighted by atomic mass is 9.93. The molecule has 106 valence electrons. The highest BCUT2D eigenvalue weighted by Gasteiger charge is 2.11. The van der Waals surface area contributed by atoms with Crippen LogP contribution in [0.25, 0.3) is 10.8 Å². The molecule has 1 unspecified atom stereocenters. The molecule has 0 aliphatic heterocycles. The van der Waals surface area contributed by atoms with E-state index in [-0.39, 0.29) is 6.04 Å². The van der Waals surface area contributed by atoms with Crippen molar-refractivity contribution in [2.45, 2.75) is 19.4 Å². The summed E-state index contributed by atoms with van der Waals surface area (Å²) in [4.78, 5) is 0. The van der Waals surface area contributed by atoms with Gasteiger partial charge in [-0.15, -0.1) is 0 Å². The fourth-order valence-corrected chi connectivity index (χ4v) is 3.04. The van der Waals surface area contributed by atoms with Gasteiger partial charge in [0.2, 0.25) is 0 Å². The van der Waals surface area contributed by atoms with Crippen molar-refractivity contribution < 1.29 is 0 Å². The van der Waals surface area contributed by atoms with Crippen LogP contribution in [0, 0.1) is 6.92 Å². The highest BCUT2D eigenvalue weighted by atomic mass is 35.5. The molecule has 3 rings (SSSR count). The van der Waals surface area contributed by atoms with Crippen molar-refractivity contribution in [3.05, 3.63) is 82.4 Å². The first kappa shape index (κ1) is 14.1. The Morgan fingerprint density at radius 1 is 0.952 bits per heavy atom. The third kappa shape index (κ3) is 2.94. The molecule has 1 nitrogen and oxygen atoms in total. The maximum Gasteiger partial charge on any atom is 0.0408 e. The number of aryl methyl sites for hydroxylation is 1. The first-order chi connectivity index (χ1) is 10.1. The van der Waals surface area contributed by atoms with Gasteiger partial charge in [-0.1, -0.05) is 60.1 Å². The van der Waals surface area contributed by atoms with Crippen molar-refractivity contribution in [3.63, 3.8) is 0 Å². The van der Waals surface area contributed by atoms with E-state index < -0.39 is 0 Å². The van der Waals surface area contributed by atoms with Gasteiger partial charge in [0.15, 0.2) is 0 Å². The number of hydrogen-bond donors (Lipinski definition) is 1. The van der Waals surface area contributed by atoms with Crippen molar-refractivity contribution >= 4 is 22.4 Å². The van der Waals surface area contributed by atoms with E-state index in [9.17, 15) is 0 Å². The summed E-state index contributed by atoms with van der Waals surface area (Å²) in [6.45, 7) is 2.13. The fraction of sp³-hybridized carbons (Fsp3) is 0.158. The van der Waals surface area contributed by atoms with Crippen LogP contribution in [0.2, 0.25) is 5.02 Å². The highest BCUT2D eigenvalue weighted by molar-refractivity contribution is 6.30. The number of nitrogens with two attached hydrogens (primary N) is 1. The topological polar surface area (TPSA) is 26.0 Å². The summed E-state index contributed by atoms with van der Waals surface area (Å²) in [7, 11) is 0. The van der Waals surface area contributed by atoms with Gasteiger partial charge in [0.1, 0.15) is 0 Å². The minimum Gasteiger partial charge on any atom is -0.324 e. The predicted molar refractivity (Wildman–Crippen MR) is 90.8 cm³/mol. The number of benzene rings is 3. The molecule has 2 heteroatoms. The van der Waals surface area contributed by atoms with Crippen molar-refractivity contribution in [3.8, 4) is 0 Å².